The van der Waals surface area contributed by atoms with E-state index in [9.17, 15) is 19.5 Å². The molecule has 0 aliphatic heterocycles. The van der Waals surface area contributed by atoms with E-state index in [1.54, 1.807) is 0 Å². The Kier molecular flexibility index (Phi) is 10.6. The van der Waals surface area contributed by atoms with Crippen molar-refractivity contribution in [1.82, 2.24) is 16.0 Å². The number of urea groups is 1. The molecule has 8 heteroatoms. The van der Waals surface area contributed by atoms with Gasteiger partial charge in [-0.25, -0.2) is 9.59 Å². The molecule has 8 nitrogen and oxygen atoms in total. The van der Waals surface area contributed by atoms with E-state index in [-0.39, 0.29) is 12.3 Å². The lowest BCUT2D eigenvalue weighted by Gasteiger charge is -2.29. The van der Waals surface area contributed by atoms with Gasteiger partial charge in [0.25, 0.3) is 0 Å². The van der Waals surface area contributed by atoms with Gasteiger partial charge in [-0.05, 0) is 49.7 Å². The lowest BCUT2D eigenvalue weighted by atomic mass is 9.84. The molecule has 1 aromatic carbocycles. The number of nitrogens with one attached hydrogen (secondary N) is 3. The van der Waals surface area contributed by atoms with Gasteiger partial charge in [-0.3, -0.25) is 10.5 Å². The number of amides is 3. The van der Waals surface area contributed by atoms with Crippen LogP contribution in [0.3, 0.4) is 0 Å². The van der Waals surface area contributed by atoms with Crippen LogP contribution in [0.15, 0.2) is 24.3 Å². The number of hydrogen-bond acceptors (Lipinski definition) is 4. The number of carboxylic acid groups (broad SMARTS) is 1. The Morgan fingerprint density at radius 2 is 1.88 bits per heavy atom. The van der Waals surface area contributed by atoms with Gasteiger partial charge >= 0.3 is 12.0 Å². The molecule has 0 spiro atoms. The van der Waals surface area contributed by atoms with Gasteiger partial charge in [0.1, 0.15) is 6.04 Å². The van der Waals surface area contributed by atoms with Crippen LogP contribution in [-0.4, -0.2) is 41.3 Å². The van der Waals surface area contributed by atoms with Crippen LogP contribution in [0.1, 0.15) is 75.8 Å². The Balaban J connectivity index is 2.00. The quantitative estimate of drug-likeness (QED) is 0.305. The maximum atomic E-state index is 13.0. The van der Waals surface area contributed by atoms with E-state index in [2.05, 4.69) is 16.0 Å². The first-order valence-corrected chi connectivity index (χ1v) is 12.2. The Labute approximate surface area is 197 Å². The third-order valence-corrected chi connectivity index (χ3v) is 6.51. The summed E-state index contributed by atoms with van der Waals surface area (Å²) in [5.41, 5.74) is 6.42. The molecular weight excluding hydrogens is 420 g/mol. The normalized spacial score (nSPS) is 16.9. The molecule has 33 heavy (non-hydrogen) atoms. The average Bonchev–Trinajstić information content (AvgIpc) is 2.79. The molecule has 0 bridgehead atoms. The summed E-state index contributed by atoms with van der Waals surface area (Å²) in [6, 6.07) is 6.56. The van der Waals surface area contributed by atoms with Crippen molar-refractivity contribution < 1.29 is 19.5 Å². The van der Waals surface area contributed by atoms with Crippen LogP contribution in [0, 0.1) is 12.8 Å². The summed E-state index contributed by atoms with van der Waals surface area (Å²) < 4.78 is 0. The summed E-state index contributed by atoms with van der Waals surface area (Å²) in [4.78, 5) is 37.3. The first-order valence-electron chi connectivity index (χ1n) is 12.2. The number of hydrogen-bond donors (Lipinski definition) is 5. The van der Waals surface area contributed by atoms with E-state index in [0.717, 1.165) is 37.7 Å². The number of aliphatic carboxylic acids is 1. The fourth-order valence-electron chi connectivity index (χ4n) is 4.40. The maximum Gasteiger partial charge on any atom is 0.344 e. The van der Waals surface area contributed by atoms with Crippen molar-refractivity contribution in [3.05, 3.63) is 35.4 Å². The summed E-state index contributed by atoms with van der Waals surface area (Å²) in [5, 5.41) is 17.6. The topological polar surface area (TPSA) is 134 Å². The van der Waals surface area contributed by atoms with Crippen molar-refractivity contribution in [2.24, 2.45) is 11.7 Å². The molecule has 1 saturated carbocycles. The van der Waals surface area contributed by atoms with Crippen molar-refractivity contribution in [3.8, 4) is 0 Å². The molecular formula is C25H40N4O4. The monoisotopic (exact) mass is 460 g/mol. The molecule has 1 aliphatic rings. The van der Waals surface area contributed by atoms with Crippen molar-refractivity contribution in [2.75, 3.05) is 6.54 Å². The number of unbranched alkanes of at least 4 members (excludes halogenated alkanes) is 1. The Hall–Kier alpha value is -2.61. The highest BCUT2D eigenvalue weighted by molar-refractivity contribution is 5.90. The van der Waals surface area contributed by atoms with Crippen LogP contribution in [0.2, 0.25) is 0 Å². The first kappa shape index (κ1) is 26.6. The minimum Gasteiger partial charge on any atom is -0.478 e. The van der Waals surface area contributed by atoms with Gasteiger partial charge in [0, 0.05) is 6.54 Å². The molecule has 2 atom stereocenters. The van der Waals surface area contributed by atoms with E-state index < -0.39 is 23.7 Å². The third-order valence-electron chi connectivity index (χ3n) is 6.51. The second-order valence-electron chi connectivity index (χ2n) is 9.24. The summed E-state index contributed by atoms with van der Waals surface area (Å²) in [5.74, 6) is -1.19. The van der Waals surface area contributed by atoms with E-state index in [4.69, 9.17) is 5.73 Å². The van der Waals surface area contributed by atoms with Gasteiger partial charge < -0.3 is 21.1 Å². The number of carboxylic acids is 1. The van der Waals surface area contributed by atoms with E-state index in [1.807, 2.05) is 38.1 Å². The second kappa shape index (κ2) is 13.2. The standard InChI is InChI=1S/C25H40N4O4/c1-3-4-15-25(26,23(31)32)29-24(33)28-21(17-19-11-6-5-7-12-19)22(30)27-16-14-20-13-9-8-10-18(20)2/h8-10,13,19,21H,3-7,11-12,14-17,26H2,1-2H3,(H,27,30)(H,31,32)(H2,28,29,33)/t21-,25?/m1/s1. The highest BCUT2D eigenvalue weighted by Gasteiger charge is 2.36. The molecule has 0 radical (unpaired) electrons. The van der Waals surface area contributed by atoms with E-state index in [0.29, 0.717) is 31.7 Å². The summed E-state index contributed by atoms with van der Waals surface area (Å²) >= 11 is 0. The van der Waals surface area contributed by atoms with Gasteiger partial charge in [0.05, 0.1) is 0 Å². The van der Waals surface area contributed by atoms with Gasteiger partial charge in [-0.15, -0.1) is 0 Å². The number of rotatable bonds is 12. The molecule has 1 unspecified atom stereocenters. The average molecular weight is 461 g/mol. The number of carbonyl (C=O) groups is 3. The molecule has 0 aromatic heterocycles. The summed E-state index contributed by atoms with van der Waals surface area (Å²) in [6.07, 6.45) is 8.17. The Bertz CT molecular complexity index is 794. The van der Waals surface area contributed by atoms with Crippen molar-refractivity contribution in [1.29, 1.82) is 0 Å². The number of aryl methyl sites for hydroxylation is 1. The molecule has 6 N–H and O–H groups in total. The maximum absolute atomic E-state index is 13.0. The summed E-state index contributed by atoms with van der Waals surface area (Å²) in [7, 11) is 0. The molecule has 1 aromatic rings. The largest absolute Gasteiger partial charge is 0.478 e. The molecule has 1 aliphatic carbocycles. The highest BCUT2D eigenvalue weighted by atomic mass is 16.4. The van der Waals surface area contributed by atoms with Crippen LogP contribution in [-0.2, 0) is 16.0 Å². The van der Waals surface area contributed by atoms with Crippen molar-refractivity contribution in [2.45, 2.75) is 89.8 Å². The van der Waals surface area contributed by atoms with Crippen LogP contribution in [0.4, 0.5) is 4.79 Å². The van der Waals surface area contributed by atoms with E-state index in [1.165, 1.54) is 12.0 Å². The summed E-state index contributed by atoms with van der Waals surface area (Å²) in [6.45, 7) is 4.42. The zero-order valence-corrected chi connectivity index (χ0v) is 20.0. The van der Waals surface area contributed by atoms with Gasteiger partial charge in [-0.2, -0.15) is 0 Å². The predicted molar refractivity (Wildman–Crippen MR) is 129 cm³/mol. The van der Waals surface area contributed by atoms with Crippen LogP contribution >= 0.6 is 0 Å². The Morgan fingerprint density at radius 3 is 2.52 bits per heavy atom. The fourth-order valence-corrected chi connectivity index (χ4v) is 4.40. The van der Waals surface area contributed by atoms with Gasteiger partial charge in [-0.1, -0.05) is 69.7 Å². The SMILES string of the molecule is CCCCC(N)(NC(=O)N[C@H](CC1CCCCC1)C(=O)NCCc1ccccc1C)C(=O)O. The molecule has 1 fully saturated rings. The molecule has 0 saturated heterocycles. The number of benzene rings is 1. The van der Waals surface area contributed by atoms with Gasteiger partial charge in [0.2, 0.25) is 5.91 Å². The second-order valence-corrected chi connectivity index (χ2v) is 9.24. The zero-order chi connectivity index (χ0) is 24.3. The fraction of sp³-hybridized carbons (Fsp3) is 0.640. The van der Waals surface area contributed by atoms with E-state index >= 15 is 0 Å². The van der Waals surface area contributed by atoms with Gasteiger partial charge in [0.15, 0.2) is 5.66 Å². The molecule has 0 heterocycles. The zero-order valence-electron chi connectivity index (χ0n) is 20.0. The van der Waals surface area contributed by atoms with Crippen LogP contribution in [0.5, 0.6) is 0 Å². The molecule has 2 rings (SSSR count). The predicted octanol–water partition coefficient (Wildman–Crippen LogP) is 3.22. The van der Waals surface area contributed by atoms with Crippen molar-refractivity contribution in [3.63, 3.8) is 0 Å². The minimum atomic E-state index is -1.86. The minimum absolute atomic E-state index is 0.113. The highest BCUT2D eigenvalue weighted by Crippen LogP contribution is 2.27. The third kappa shape index (κ3) is 8.68. The number of carbonyl (C=O) groups excluding carboxylic acids is 2. The smallest absolute Gasteiger partial charge is 0.344 e. The van der Waals surface area contributed by atoms with Crippen LogP contribution in [0.25, 0.3) is 0 Å². The first-order chi connectivity index (χ1) is 15.7. The Morgan fingerprint density at radius 1 is 1.18 bits per heavy atom. The van der Waals surface area contributed by atoms with Crippen LogP contribution < -0.4 is 21.7 Å². The lowest BCUT2D eigenvalue weighted by molar-refractivity contribution is -0.144. The lowest BCUT2D eigenvalue weighted by Crippen LogP contribution is -2.65. The number of nitrogens with two attached hydrogens (primary N) is 1. The molecule has 3 amide bonds. The molecule has 184 valence electrons. The van der Waals surface area contributed by atoms with Crippen molar-refractivity contribution >= 4 is 17.9 Å².